The van der Waals surface area contributed by atoms with Crippen LogP contribution in [0, 0.1) is 0 Å². The van der Waals surface area contributed by atoms with Crippen molar-refractivity contribution in [3.63, 3.8) is 0 Å². The summed E-state index contributed by atoms with van der Waals surface area (Å²) in [6.07, 6.45) is 1.02. The Bertz CT molecular complexity index is 510. The number of hydrogen-bond acceptors (Lipinski definition) is 4. The number of nitrogens with two attached hydrogens (primary N) is 1. The highest BCUT2D eigenvalue weighted by molar-refractivity contribution is 7.09. The Hall–Kier alpha value is -1.36. The van der Waals surface area contributed by atoms with Gasteiger partial charge in [-0.2, -0.15) is 0 Å². The van der Waals surface area contributed by atoms with Gasteiger partial charge in [-0.25, -0.2) is 0 Å². The molecule has 1 aromatic carbocycles. The van der Waals surface area contributed by atoms with Crippen LogP contribution in [0.5, 0.6) is 5.75 Å². The first-order valence-electron chi connectivity index (χ1n) is 7.40. The number of ether oxygens (including phenoxy) is 1. The van der Waals surface area contributed by atoms with Crippen LogP contribution in [0.2, 0.25) is 0 Å². The molecular formula is C17H24N2OS. The van der Waals surface area contributed by atoms with Crippen LogP contribution in [0.4, 0.5) is 0 Å². The predicted molar refractivity (Wildman–Crippen MR) is 89.8 cm³/mol. The summed E-state index contributed by atoms with van der Waals surface area (Å²) in [7, 11) is 2.12. The van der Waals surface area contributed by atoms with Crippen molar-refractivity contribution in [2.75, 3.05) is 20.2 Å². The lowest BCUT2D eigenvalue weighted by Crippen LogP contribution is -2.29. The average Bonchev–Trinajstić information content (AvgIpc) is 3.00. The van der Waals surface area contributed by atoms with Crippen LogP contribution >= 0.6 is 11.3 Å². The van der Waals surface area contributed by atoms with E-state index in [-0.39, 0.29) is 6.04 Å². The van der Waals surface area contributed by atoms with Gasteiger partial charge < -0.3 is 10.5 Å². The van der Waals surface area contributed by atoms with E-state index in [1.165, 1.54) is 10.4 Å². The summed E-state index contributed by atoms with van der Waals surface area (Å²) in [6.45, 7) is 4.40. The molecule has 0 aliphatic rings. The molecule has 1 heterocycles. The van der Waals surface area contributed by atoms with E-state index in [0.717, 1.165) is 25.3 Å². The van der Waals surface area contributed by atoms with Gasteiger partial charge in [-0.15, -0.1) is 11.3 Å². The molecule has 21 heavy (non-hydrogen) atoms. The second-order valence-corrected chi connectivity index (χ2v) is 6.20. The maximum absolute atomic E-state index is 5.98. The molecule has 0 saturated heterocycles. The summed E-state index contributed by atoms with van der Waals surface area (Å²) in [4.78, 5) is 3.66. The van der Waals surface area contributed by atoms with Crippen LogP contribution in [0.15, 0.2) is 41.8 Å². The molecule has 0 amide bonds. The molecule has 3 nitrogen and oxygen atoms in total. The van der Waals surface area contributed by atoms with Crippen LogP contribution in [0.25, 0.3) is 0 Å². The first-order valence-corrected chi connectivity index (χ1v) is 8.28. The summed E-state index contributed by atoms with van der Waals surface area (Å²) >= 11 is 1.78. The van der Waals surface area contributed by atoms with Crippen molar-refractivity contribution in [1.82, 2.24) is 4.90 Å². The van der Waals surface area contributed by atoms with Crippen molar-refractivity contribution in [2.45, 2.75) is 25.9 Å². The van der Waals surface area contributed by atoms with Crippen LogP contribution in [0.3, 0.4) is 0 Å². The van der Waals surface area contributed by atoms with E-state index in [1.807, 2.05) is 12.1 Å². The Labute approximate surface area is 131 Å². The predicted octanol–water partition coefficient (Wildman–Crippen LogP) is 3.67. The van der Waals surface area contributed by atoms with Gasteiger partial charge in [-0.3, -0.25) is 4.90 Å². The lowest BCUT2D eigenvalue weighted by atomic mass is 10.1. The summed E-state index contributed by atoms with van der Waals surface area (Å²) in [5.74, 6) is 0.928. The third-order valence-electron chi connectivity index (χ3n) is 3.48. The van der Waals surface area contributed by atoms with Crippen molar-refractivity contribution in [1.29, 1.82) is 0 Å². The third-order valence-corrected chi connectivity index (χ3v) is 4.34. The van der Waals surface area contributed by atoms with Gasteiger partial charge in [-0.05, 0) is 42.6 Å². The Morgan fingerprint density at radius 1 is 1.24 bits per heavy atom. The van der Waals surface area contributed by atoms with Crippen molar-refractivity contribution in [3.05, 3.63) is 52.2 Å². The Morgan fingerprint density at radius 3 is 2.57 bits per heavy atom. The molecule has 4 heteroatoms. The van der Waals surface area contributed by atoms with E-state index < -0.39 is 0 Å². The minimum atomic E-state index is 0.229. The molecule has 0 radical (unpaired) electrons. The van der Waals surface area contributed by atoms with Crippen molar-refractivity contribution in [2.24, 2.45) is 5.73 Å². The molecule has 0 aliphatic carbocycles. The molecule has 1 aromatic heterocycles. The fraction of sp³-hybridized carbons (Fsp3) is 0.412. The Morgan fingerprint density at radius 2 is 2.00 bits per heavy atom. The molecule has 2 N–H and O–H groups in total. The topological polar surface area (TPSA) is 38.5 Å². The van der Waals surface area contributed by atoms with Crippen molar-refractivity contribution >= 4 is 11.3 Å². The molecule has 0 saturated carbocycles. The average molecular weight is 304 g/mol. The molecule has 2 rings (SSSR count). The van der Waals surface area contributed by atoms with E-state index in [1.54, 1.807) is 11.3 Å². The van der Waals surface area contributed by atoms with E-state index >= 15 is 0 Å². The highest BCUT2D eigenvalue weighted by atomic mass is 32.1. The van der Waals surface area contributed by atoms with Gasteiger partial charge in [-0.1, -0.05) is 25.1 Å². The van der Waals surface area contributed by atoms with Gasteiger partial charge in [0.1, 0.15) is 5.75 Å². The number of rotatable bonds is 8. The molecule has 1 atom stereocenters. The summed E-state index contributed by atoms with van der Waals surface area (Å²) in [6, 6.07) is 12.8. The minimum Gasteiger partial charge on any atom is -0.494 e. The zero-order chi connectivity index (χ0) is 15.1. The SMILES string of the molecule is CCCOc1ccc(C(CN)N(C)Cc2cccs2)cc1. The number of benzene rings is 1. The Balaban J connectivity index is 2.02. The first-order chi connectivity index (χ1) is 10.2. The largest absolute Gasteiger partial charge is 0.494 e. The molecular weight excluding hydrogens is 280 g/mol. The smallest absolute Gasteiger partial charge is 0.119 e. The third kappa shape index (κ3) is 4.56. The second kappa shape index (κ2) is 8.17. The van der Waals surface area contributed by atoms with Gasteiger partial charge in [0.25, 0.3) is 0 Å². The molecule has 0 aliphatic heterocycles. The highest BCUT2D eigenvalue weighted by Crippen LogP contribution is 2.24. The summed E-state index contributed by atoms with van der Waals surface area (Å²) < 4.78 is 5.63. The fourth-order valence-electron chi connectivity index (χ4n) is 2.34. The zero-order valence-corrected chi connectivity index (χ0v) is 13.6. The van der Waals surface area contributed by atoms with Crippen LogP contribution in [-0.4, -0.2) is 25.1 Å². The highest BCUT2D eigenvalue weighted by Gasteiger charge is 2.16. The maximum atomic E-state index is 5.98. The van der Waals surface area contributed by atoms with Gasteiger partial charge in [0.05, 0.1) is 6.61 Å². The zero-order valence-electron chi connectivity index (χ0n) is 12.8. The van der Waals surface area contributed by atoms with E-state index in [9.17, 15) is 0 Å². The minimum absolute atomic E-state index is 0.229. The molecule has 114 valence electrons. The van der Waals surface area contributed by atoms with Gasteiger partial charge in [0.15, 0.2) is 0 Å². The Kier molecular flexibility index (Phi) is 6.23. The van der Waals surface area contributed by atoms with E-state index in [2.05, 4.69) is 48.5 Å². The van der Waals surface area contributed by atoms with Crippen molar-refractivity contribution < 1.29 is 4.74 Å². The molecule has 0 bridgehead atoms. The quantitative estimate of drug-likeness (QED) is 0.808. The normalized spacial score (nSPS) is 12.6. The number of likely N-dealkylation sites (N-methyl/N-ethyl adjacent to an activating group) is 1. The summed E-state index contributed by atoms with van der Waals surface area (Å²) in [5, 5.41) is 2.11. The maximum Gasteiger partial charge on any atom is 0.119 e. The van der Waals surface area contributed by atoms with Gasteiger partial charge in [0.2, 0.25) is 0 Å². The van der Waals surface area contributed by atoms with E-state index in [0.29, 0.717) is 6.54 Å². The van der Waals surface area contributed by atoms with E-state index in [4.69, 9.17) is 10.5 Å². The molecule has 1 unspecified atom stereocenters. The first kappa shape index (κ1) is 16.0. The van der Waals surface area contributed by atoms with Crippen molar-refractivity contribution in [3.8, 4) is 5.75 Å². The lowest BCUT2D eigenvalue weighted by Gasteiger charge is -2.27. The van der Waals surface area contributed by atoms with Crippen LogP contribution < -0.4 is 10.5 Å². The lowest BCUT2D eigenvalue weighted by molar-refractivity contribution is 0.243. The monoisotopic (exact) mass is 304 g/mol. The molecule has 0 spiro atoms. The van der Waals surface area contributed by atoms with Crippen LogP contribution in [-0.2, 0) is 6.54 Å². The number of thiophene rings is 1. The van der Waals surface area contributed by atoms with Gasteiger partial charge in [0, 0.05) is 24.0 Å². The molecule has 0 fully saturated rings. The standard InChI is InChI=1S/C17H24N2OS/c1-3-10-20-15-8-6-14(7-9-15)17(12-18)19(2)13-16-5-4-11-21-16/h4-9,11,17H,3,10,12-13,18H2,1-2H3. The number of hydrogen-bond donors (Lipinski definition) is 1. The number of nitrogens with zero attached hydrogens (tertiary/aromatic N) is 1. The second-order valence-electron chi connectivity index (χ2n) is 5.16. The van der Waals surface area contributed by atoms with Crippen LogP contribution in [0.1, 0.15) is 29.8 Å². The summed E-state index contributed by atoms with van der Waals surface area (Å²) in [5.41, 5.74) is 7.22. The molecule has 2 aromatic rings. The van der Waals surface area contributed by atoms with Gasteiger partial charge >= 0.3 is 0 Å². The fourth-order valence-corrected chi connectivity index (χ4v) is 3.10.